The number of amides is 1. The molecule has 1 aliphatic rings. The second-order valence-corrected chi connectivity index (χ2v) is 8.87. The van der Waals surface area contributed by atoms with E-state index < -0.39 is 35.4 Å². The van der Waals surface area contributed by atoms with Gasteiger partial charge in [-0.15, -0.1) is 0 Å². The van der Waals surface area contributed by atoms with E-state index in [-0.39, 0.29) is 28.2 Å². The number of amidine groups is 1. The molecule has 0 saturated heterocycles. The van der Waals surface area contributed by atoms with Crippen LogP contribution in [0.4, 0.5) is 32.0 Å². The predicted octanol–water partition coefficient (Wildman–Crippen LogP) is 6.60. The third-order valence-corrected chi connectivity index (χ3v) is 6.20. The fraction of sp³-hybridized carbons (Fsp3) is 0.148. The van der Waals surface area contributed by atoms with Gasteiger partial charge in [0.25, 0.3) is 5.91 Å². The molecule has 0 spiro atoms. The molecule has 0 fully saturated rings. The quantitative estimate of drug-likeness (QED) is 0.254. The van der Waals surface area contributed by atoms with E-state index in [1.54, 1.807) is 31.3 Å². The summed E-state index contributed by atoms with van der Waals surface area (Å²) in [6.07, 6.45) is -7.59. The van der Waals surface area contributed by atoms with Crippen molar-refractivity contribution in [1.82, 2.24) is 15.5 Å². The first-order valence-corrected chi connectivity index (χ1v) is 11.5. The largest absolute Gasteiger partial charge is 0.416 e. The van der Waals surface area contributed by atoms with Crippen LogP contribution in [-0.4, -0.2) is 21.9 Å². The third kappa shape index (κ3) is 5.35. The molecule has 1 aromatic heterocycles. The Hall–Kier alpha value is -4.61. The van der Waals surface area contributed by atoms with Gasteiger partial charge in [-0.2, -0.15) is 31.4 Å². The number of carbonyl (C=O) groups is 1. The summed E-state index contributed by atoms with van der Waals surface area (Å²) in [6.45, 7) is 1.55. The Kier molecular flexibility index (Phi) is 6.41. The number of allylic oxidation sites excluding steroid dienone is 1. The van der Waals surface area contributed by atoms with Crippen LogP contribution in [0.15, 0.2) is 89.2 Å². The maximum atomic E-state index is 13.5. The van der Waals surface area contributed by atoms with E-state index in [2.05, 4.69) is 25.8 Å². The topological polar surface area (TPSA) is 82.2 Å². The van der Waals surface area contributed by atoms with Gasteiger partial charge in [0, 0.05) is 22.3 Å². The molecule has 2 heterocycles. The first kappa shape index (κ1) is 26.0. The molecular formula is C27H19F6N5O. The lowest BCUT2D eigenvalue weighted by Crippen LogP contribution is -2.34. The molecule has 5 rings (SSSR count). The minimum absolute atomic E-state index is 0.0415. The van der Waals surface area contributed by atoms with Crippen LogP contribution < -0.4 is 10.6 Å². The summed E-state index contributed by atoms with van der Waals surface area (Å²) in [4.78, 5) is 18.0. The van der Waals surface area contributed by atoms with Crippen molar-refractivity contribution in [3.63, 3.8) is 0 Å². The molecule has 1 aliphatic heterocycles. The van der Waals surface area contributed by atoms with E-state index in [1.807, 2.05) is 0 Å². The Morgan fingerprint density at radius 1 is 0.897 bits per heavy atom. The van der Waals surface area contributed by atoms with Crippen molar-refractivity contribution >= 4 is 28.3 Å². The first-order valence-electron chi connectivity index (χ1n) is 11.5. The molecule has 1 unspecified atom stereocenters. The number of fused-ring (bicyclic) bond motifs is 1. The number of aromatic nitrogens is 2. The number of hydrogen-bond donors (Lipinski definition) is 3. The molecular weight excluding hydrogens is 524 g/mol. The van der Waals surface area contributed by atoms with Crippen LogP contribution in [0.3, 0.4) is 0 Å². The third-order valence-electron chi connectivity index (χ3n) is 6.20. The Morgan fingerprint density at radius 3 is 2.31 bits per heavy atom. The number of carbonyl (C=O) groups excluding carboxylic acids is 1. The summed E-state index contributed by atoms with van der Waals surface area (Å²) in [5, 5.41) is 13.1. The zero-order valence-corrected chi connectivity index (χ0v) is 20.1. The minimum atomic E-state index is -4.59. The zero-order chi connectivity index (χ0) is 27.9. The highest BCUT2D eigenvalue weighted by Crippen LogP contribution is 2.36. The van der Waals surface area contributed by atoms with E-state index in [4.69, 9.17) is 0 Å². The van der Waals surface area contributed by atoms with Crippen LogP contribution in [0.2, 0.25) is 0 Å². The summed E-state index contributed by atoms with van der Waals surface area (Å²) in [6, 6.07) is 12.6. The SMILES string of the molecule is CC1=C(C(=O)Nc2ccc3[nH]ncc3c2)C(c2ccc(C(F)(F)F)cc2)N=C(c2cccc(C(F)(F)F)c2)N1. The lowest BCUT2D eigenvalue weighted by atomic mass is 9.93. The number of aromatic amines is 1. The van der Waals surface area contributed by atoms with Crippen LogP contribution in [0.25, 0.3) is 10.9 Å². The lowest BCUT2D eigenvalue weighted by Gasteiger charge is -2.27. The number of H-pyrrole nitrogens is 1. The number of nitrogens with one attached hydrogen (secondary N) is 3. The van der Waals surface area contributed by atoms with E-state index in [0.29, 0.717) is 5.69 Å². The van der Waals surface area contributed by atoms with Gasteiger partial charge >= 0.3 is 12.4 Å². The Morgan fingerprint density at radius 2 is 1.62 bits per heavy atom. The number of benzene rings is 3. The molecule has 4 aromatic rings. The predicted molar refractivity (Wildman–Crippen MR) is 133 cm³/mol. The Balaban J connectivity index is 1.54. The second-order valence-electron chi connectivity index (χ2n) is 8.87. The van der Waals surface area contributed by atoms with Crippen molar-refractivity contribution in [1.29, 1.82) is 0 Å². The molecule has 0 saturated carbocycles. The van der Waals surface area contributed by atoms with Crippen LogP contribution in [0.5, 0.6) is 0 Å². The fourth-order valence-electron chi connectivity index (χ4n) is 4.27. The molecule has 200 valence electrons. The summed E-state index contributed by atoms with van der Waals surface area (Å²) >= 11 is 0. The van der Waals surface area contributed by atoms with Crippen LogP contribution >= 0.6 is 0 Å². The van der Waals surface area contributed by atoms with Crippen molar-refractivity contribution in [2.24, 2.45) is 4.99 Å². The molecule has 1 atom stereocenters. The number of rotatable bonds is 4. The van der Waals surface area contributed by atoms with Crippen molar-refractivity contribution in [3.8, 4) is 0 Å². The van der Waals surface area contributed by atoms with Gasteiger partial charge in [0.15, 0.2) is 0 Å². The van der Waals surface area contributed by atoms with Gasteiger partial charge < -0.3 is 10.6 Å². The zero-order valence-electron chi connectivity index (χ0n) is 20.1. The summed E-state index contributed by atoms with van der Waals surface area (Å²) in [7, 11) is 0. The molecule has 0 aliphatic carbocycles. The van der Waals surface area contributed by atoms with Gasteiger partial charge in [0.1, 0.15) is 11.9 Å². The van der Waals surface area contributed by atoms with Crippen molar-refractivity contribution in [2.45, 2.75) is 25.3 Å². The highest BCUT2D eigenvalue weighted by atomic mass is 19.4. The van der Waals surface area contributed by atoms with E-state index >= 15 is 0 Å². The van der Waals surface area contributed by atoms with E-state index in [1.165, 1.54) is 24.3 Å². The van der Waals surface area contributed by atoms with Gasteiger partial charge in [0.2, 0.25) is 0 Å². The van der Waals surface area contributed by atoms with Crippen molar-refractivity contribution < 1.29 is 31.1 Å². The maximum absolute atomic E-state index is 13.5. The highest BCUT2D eigenvalue weighted by Gasteiger charge is 2.34. The Labute approximate surface area is 217 Å². The van der Waals surface area contributed by atoms with Gasteiger partial charge in [-0.05, 0) is 55.0 Å². The smallest absolute Gasteiger partial charge is 0.343 e. The first-order chi connectivity index (χ1) is 18.4. The summed E-state index contributed by atoms with van der Waals surface area (Å²) < 4.78 is 79.5. The highest BCUT2D eigenvalue weighted by molar-refractivity contribution is 6.09. The number of alkyl halides is 6. The van der Waals surface area contributed by atoms with Gasteiger partial charge in [0.05, 0.1) is 28.4 Å². The fourth-order valence-corrected chi connectivity index (χ4v) is 4.27. The molecule has 6 nitrogen and oxygen atoms in total. The maximum Gasteiger partial charge on any atom is 0.416 e. The summed E-state index contributed by atoms with van der Waals surface area (Å²) in [5.74, 6) is -0.542. The van der Waals surface area contributed by atoms with Gasteiger partial charge in [-0.25, -0.2) is 0 Å². The number of aliphatic imine (C=N–C) groups is 1. The molecule has 12 heteroatoms. The minimum Gasteiger partial charge on any atom is -0.343 e. The molecule has 1 amide bonds. The second kappa shape index (κ2) is 9.61. The molecule has 3 aromatic carbocycles. The lowest BCUT2D eigenvalue weighted by molar-refractivity contribution is -0.138. The van der Waals surface area contributed by atoms with Crippen LogP contribution in [-0.2, 0) is 17.1 Å². The number of halogens is 6. The van der Waals surface area contributed by atoms with Crippen molar-refractivity contribution in [2.75, 3.05) is 5.32 Å². The number of anilines is 1. The van der Waals surface area contributed by atoms with Gasteiger partial charge in [-0.3, -0.25) is 14.9 Å². The molecule has 39 heavy (non-hydrogen) atoms. The molecule has 0 radical (unpaired) electrons. The molecule has 3 N–H and O–H groups in total. The average Bonchev–Trinajstić information content (AvgIpc) is 3.35. The van der Waals surface area contributed by atoms with Crippen LogP contribution in [0, 0.1) is 0 Å². The van der Waals surface area contributed by atoms with Gasteiger partial charge in [-0.1, -0.05) is 24.3 Å². The van der Waals surface area contributed by atoms with Crippen molar-refractivity contribution in [3.05, 3.63) is 106 Å². The standard InChI is InChI=1S/C27H19F6N5O/c1-14-22(25(39)36-20-9-10-21-17(12-20)13-34-38-21)23(15-5-7-18(8-6-15)26(28,29)30)37-24(35-14)16-3-2-4-19(11-16)27(31,32)33/h2-13,23H,1H3,(H,34,38)(H,35,37)(H,36,39). The van der Waals surface area contributed by atoms with E-state index in [9.17, 15) is 31.1 Å². The monoisotopic (exact) mass is 543 g/mol. The normalized spacial score (nSPS) is 16.2. The summed E-state index contributed by atoms with van der Waals surface area (Å²) in [5.41, 5.74) is 0.142. The van der Waals surface area contributed by atoms with Crippen LogP contribution in [0.1, 0.15) is 35.2 Å². The average molecular weight is 543 g/mol. The van der Waals surface area contributed by atoms with E-state index in [0.717, 1.165) is 35.2 Å². The Bertz CT molecular complexity index is 1620. The number of nitrogens with zero attached hydrogens (tertiary/aromatic N) is 2. The number of hydrogen-bond acceptors (Lipinski definition) is 4. The molecule has 0 bridgehead atoms.